The number of nitrogens with one attached hydrogen (secondary N) is 1. The van der Waals surface area contributed by atoms with Crippen LogP contribution in [-0.2, 0) is 14.3 Å². The van der Waals surface area contributed by atoms with Gasteiger partial charge in [0.25, 0.3) is 0 Å². The van der Waals surface area contributed by atoms with Crippen molar-refractivity contribution in [3.05, 3.63) is 12.2 Å². The van der Waals surface area contributed by atoms with Crippen LogP contribution in [-0.4, -0.2) is 30.8 Å². The van der Waals surface area contributed by atoms with E-state index in [9.17, 15) is 9.59 Å². The number of carbonyl (C=O) groups excluding carboxylic acids is 2. The summed E-state index contributed by atoms with van der Waals surface area (Å²) >= 11 is 4.16. The Morgan fingerprint density at radius 1 is 1.10 bits per heavy atom. The van der Waals surface area contributed by atoms with Gasteiger partial charge in [-0.3, -0.25) is 4.79 Å². The van der Waals surface area contributed by atoms with Crippen LogP contribution < -0.4 is 5.32 Å². The summed E-state index contributed by atoms with van der Waals surface area (Å²) in [5.74, 6) is 0.638. The van der Waals surface area contributed by atoms with E-state index >= 15 is 0 Å². The zero-order valence-corrected chi connectivity index (χ0v) is 13.3. The summed E-state index contributed by atoms with van der Waals surface area (Å²) < 4.78 is 4.93. The molecule has 0 aliphatic heterocycles. The smallest absolute Gasteiger partial charge is 0.333 e. The first-order chi connectivity index (χ1) is 9.57. The van der Waals surface area contributed by atoms with Gasteiger partial charge >= 0.3 is 5.97 Å². The van der Waals surface area contributed by atoms with Crippen LogP contribution in [0.1, 0.15) is 51.9 Å². The van der Waals surface area contributed by atoms with E-state index < -0.39 is 0 Å². The number of hydrogen-bond acceptors (Lipinski definition) is 4. The molecule has 0 fully saturated rings. The molecule has 0 spiro atoms. The van der Waals surface area contributed by atoms with Gasteiger partial charge in [-0.1, -0.05) is 25.8 Å². The number of carbonyl (C=O) groups is 2. The maximum Gasteiger partial charge on any atom is 0.333 e. The van der Waals surface area contributed by atoms with Crippen LogP contribution in [0.5, 0.6) is 0 Å². The second-order valence-electron chi connectivity index (χ2n) is 4.86. The molecule has 4 nitrogen and oxygen atoms in total. The lowest BCUT2D eigenvalue weighted by molar-refractivity contribution is -0.138. The largest absolute Gasteiger partial charge is 0.462 e. The van der Waals surface area contributed by atoms with Gasteiger partial charge in [0.1, 0.15) is 0 Å². The van der Waals surface area contributed by atoms with Crippen molar-refractivity contribution in [2.75, 3.05) is 18.9 Å². The quantitative estimate of drug-likeness (QED) is 0.252. The second-order valence-corrected chi connectivity index (χ2v) is 5.31. The molecule has 5 heteroatoms. The van der Waals surface area contributed by atoms with Crippen LogP contribution >= 0.6 is 12.6 Å². The standard InChI is InChI=1S/C15H27NO3S/c1-13(2)15(18)19-11-8-10-16-14(17)9-6-4-3-5-7-12-20/h20H,1,3-12H2,2H3,(H,16,17). The molecule has 0 rings (SSSR count). The topological polar surface area (TPSA) is 55.4 Å². The minimum Gasteiger partial charge on any atom is -0.462 e. The molecule has 20 heavy (non-hydrogen) atoms. The maximum absolute atomic E-state index is 11.5. The van der Waals surface area contributed by atoms with Crippen molar-refractivity contribution in [1.82, 2.24) is 5.32 Å². The molecule has 0 aromatic heterocycles. The Morgan fingerprint density at radius 2 is 1.75 bits per heavy atom. The average molecular weight is 301 g/mol. The molecule has 0 aliphatic carbocycles. The molecule has 0 saturated carbocycles. The van der Waals surface area contributed by atoms with E-state index in [0.29, 0.717) is 31.6 Å². The van der Waals surface area contributed by atoms with Gasteiger partial charge in [-0.05, 0) is 31.9 Å². The predicted molar refractivity (Wildman–Crippen MR) is 85.0 cm³/mol. The highest BCUT2D eigenvalue weighted by Crippen LogP contribution is 2.05. The van der Waals surface area contributed by atoms with Gasteiger partial charge in [-0.25, -0.2) is 4.79 Å². The van der Waals surface area contributed by atoms with Crippen LogP contribution in [0.15, 0.2) is 12.2 Å². The van der Waals surface area contributed by atoms with Crippen molar-refractivity contribution < 1.29 is 14.3 Å². The lowest BCUT2D eigenvalue weighted by Crippen LogP contribution is -2.25. The van der Waals surface area contributed by atoms with E-state index in [-0.39, 0.29) is 11.9 Å². The summed E-state index contributed by atoms with van der Waals surface area (Å²) in [6, 6.07) is 0. The van der Waals surface area contributed by atoms with Crippen molar-refractivity contribution in [2.24, 2.45) is 0 Å². The molecule has 1 N–H and O–H groups in total. The second kappa shape index (κ2) is 13.0. The number of esters is 1. The Kier molecular flexibility index (Phi) is 12.4. The number of rotatable bonds is 12. The number of ether oxygens (including phenoxy) is 1. The molecule has 1 amide bonds. The number of amides is 1. The van der Waals surface area contributed by atoms with Crippen LogP contribution in [0.4, 0.5) is 0 Å². The third kappa shape index (κ3) is 12.1. The van der Waals surface area contributed by atoms with Crippen molar-refractivity contribution in [3.63, 3.8) is 0 Å². The number of unbranched alkanes of at least 4 members (excludes halogenated alkanes) is 4. The fourth-order valence-electron chi connectivity index (χ4n) is 1.60. The Balaban J connectivity index is 3.32. The highest BCUT2D eigenvalue weighted by Gasteiger charge is 2.03. The maximum atomic E-state index is 11.5. The zero-order valence-electron chi connectivity index (χ0n) is 12.5. The van der Waals surface area contributed by atoms with E-state index in [1.54, 1.807) is 6.92 Å². The Bertz CT molecular complexity index is 305. The van der Waals surface area contributed by atoms with E-state index in [0.717, 1.165) is 25.0 Å². The van der Waals surface area contributed by atoms with Gasteiger partial charge in [0.2, 0.25) is 5.91 Å². The van der Waals surface area contributed by atoms with E-state index in [1.807, 2.05) is 0 Å². The van der Waals surface area contributed by atoms with E-state index in [2.05, 4.69) is 24.5 Å². The first kappa shape index (κ1) is 19.0. The van der Waals surface area contributed by atoms with E-state index in [1.165, 1.54) is 12.8 Å². The zero-order chi connectivity index (χ0) is 15.2. The monoisotopic (exact) mass is 301 g/mol. The van der Waals surface area contributed by atoms with Gasteiger partial charge in [-0.15, -0.1) is 0 Å². The van der Waals surface area contributed by atoms with Gasteiger partial charge in [0, 0.05) is 18.5 Å². The van der Waals surface area contributed by atoms with Crippen LogP contribution in [0.3, 0.4) is 0 Å². The average Bonchev–Trinajstić information content (AvgIpc) is 2.41. The molecular weight excluding hydrogens is 274 g/mol. The van der Waals surface area contributed by atoms with Crippen LogP contribution in [0.2, 0.25) is 0 Å². The fourth-order valence-corrected chi connectivity index (χ4v) is 1.83. The third-order valence-corrected chi connectivity index (χ3v) is 3.10. The fraction of sp³-hybridized carbons (Fsp3) is 0.733. The molecule has 116 valence electrons. The van der Waals surface area contributed by atoms with Crippen molar-refractivity contribution in [1.29, 1.82) is 0 Å². The Morgan fingerprint density at radius 3 is 2.40 bits per heavy atom. The molecule has 0 radical (unpaired) electrons. The van der Waals surface area contributed by atoms with Crippen molar-refractivity contribution in [3.8, 4) is 0 Å². The number of thiol groups is 1. The molecule has 0 aliphatic rings. The molecule has 0 atom stereocenters. The molecule has 0 unspecified atom stereocenters. The third-order valence-electron chi connectivity index (χ3n) is 2.79. The van der Waals surface area contributed by atoms with Gasteiger partial charge in [0.05, 0.1) is 6.61 Å². The molecule has 0 aromatic carbocycles. The molecule has 0 heterocycles. The van der Waals surface area contributed by atoms with Gasteiger partial charge in [0.15, 0.2) is 0 Å². The predicted octanol–water partition coefficient (Wildman–Crippen LogP) is 2.88. The van der Waals surface area contributed by atoms with Crippen molar-refractivity contribution in [2.45, 2.75) is 51.9 Å². The summed E-state index contributed by atoms with van der Waals surface area (Å²) in [6.45, 7) is 5.96. The normalized spacial score (nSPS) is 10.1. The van der Waals surface area contributed by atoms with Gasteiger partial charge < -0.3 is 10.1 Å². The molecule has 0 saturated heterocycles. The Hall–Kier alpha value is -0.970. The molecular formula is C15H27NO3S. The summed E-state index contributed by atoms with van der Waals surface area (Å²) in [5, 5.41) is 2.82. The first-order valence-corrected chi connectivity index (χ1v) is 7.91. The first-order valence-electron chi connectivity index (χ1n) is 7.28. The minimum absolute atomic E-state index is 0.0745. The van der Waals surface area contributed by atoms with Crippen LogP contribution in [0, 0.1) is 0 Å². The van der Waals surface area contributed by atoms with Gasteiger partial charge in [-0.2, -0.15) is 12.6 Å². The van der Waals surface area contributed by atoms with Crippen molar-refractivity contribution >= 4 is 24.5 Å². The summed E-state index contributed by atoms with van der Waals surface area (Å²) in [7, 11) is 0. The van der Waals surface area contributed by atoms with E-state index in [4.69, 9.17) is 4.74 Å². The molecule has 0 aromatic rings. The highest BCUT2D eigenvalue weighted by atomic mass is 32.1. The SMILES string of the molecule is C=C(C)C(=O)OCCCNC(=O)CCCCCCCS. The lowest BCUT2D eigenvalue weighted by atomic mass is 10.1. The minimum atomic E-state index is -0.377. The lowest BCUT2D eigenvalue weighted by Gasteiger charge is -2.06. The summed E-state index contributed by atoms with van der Waals surface area (Å²) in [4.78, 5) is 22.6. The summed E-state index contributed by atoms with van der Waals surface area (Å²) in [5.41, 5.74) is 0.395. The molecule has 0 bridgehead atoms. The number of hydrogen-bond donors (Lipinski definition) is 2. The summed E-state index contributed by atoms with van der Waals surface area (Å²) in [6.07, 6.45) is 6.75. The van der Waals surface area contributed by atoms with Crippen LogP contribution in [0.25, 0.3) is 0 Å². The Labute approximate surface area is 127 Å². The highest BCUT2D eigenvalue weighted by molar-refractivity contribution is 7.80.